The van der Waals surface area contributed by atoms with Gasteiger partial charge in [-0.1, -0.05) is 29.8 Å². The largest absolute Gasteiger partial charge is 0.490 e. The lowest BCUT2D eigenvalue weighted by Gasteiger charge is -2.47. The number of hydrogen-bond acceptors (Lipinski definition) is 5. The molecule has 0 bridgehead atoms. The normalized spacial score (nSPS) is 19.0. The van der Waals surface area contributed by atoms with Crippen molar-refractivity contribution in [3.63, 3.8) is 0 Å². The predicted molar refractivity (Wildman–Crippen MR) is 114 cm³/mol. The Morgan fingerprint density at radius 2 is 1.91 bits per heavy atom. The van der Waals surface area contributed by atoms with E-state index in [1.807, 2.05) is 40.9 Å². The molecule has 2 aliphatic rings. The second-order valence-corrected chi connectivity index (χ2v) is 9.33. The minimum absolute atomic E-state index is 0.190. The third-order valence-corrected chi connectivity index (χ3v) is 6.72. The van der Waals surface area contributed by atoms with E-state index in [1.54, 1.807) is 12.4 Å². The highest BCUT2D eigenvalue weighted by molar-refractivity contribution is 8.01. The summed E-state index contributed by atoms with van der Waals surface area (Å²) in [6.07, 6.45) is 0.135. The van der Waals surface area contributed by atoms with Crippen molar-refractivity contribution in [1.29, 1.82) is 0 Å². The molecule has 3 heterocycles. The molecule has 1 spiro atoms. The highest BCUT2D eigenvalue weighted by Gasteiger charge is 2.51. The van der Waals surface area contributed by atoms with Crippen molar-refractivity contribution >= 4 is 23.6 Å². The lowest BCUT2D eigenvalue weighted by Crippen LogP contribution is -2.61. The van der Waals surface area contributed by atoms with Gasteiger partial charge in [-0.05, 0) is 24.6 Å². The van der Waals surface area contributed by atoms with Gasteiger partial charge in [0.15, 0.2) is 0 Å². The Morgan fingerprint density at radius 1 is 1.25 bits per heavy atom. The lowest BCUT2D eigenvalue weighted by atomic mass is 9.92. The molecule has 2 aliphatic heterocycles. The number of amides is 1. The van der Waals surface area contributed by atoms with Gasteiger partial charge >= 0.3 is 12.1 Å². The fourth-order valence-electron chi connectivity index (χ4n) is 3.53. The second kappa shape index (κ2) is 9.81. The molecule has 1 aromatic heterocycles. The number of hydrogen-bond donors (Lipinski definition) is 1. The van der Waals surface area contributed by atoms with E-state index < -0.39 is 12.1 Å². The van der Waals surface area contributed by atoms with Crippen LogP contribution in [0.15, 0.2) is 48.8 Å². The molecule has 1 amide bonds. The van der Waals surface area contributed by atoms with E-state index in [0.29, 0.717) is 6.42 Å². The summed E-state index contributed by atoms with van der Waals surface area (Å²) in [7, 11) is 0. The van der Waals surface area contributed by atoms with E-state index in [0.717, 1.165) is 36.6 Å². The van der Waals surface area contributed by atoms with Crippen LogP contribution in [0.4, 0.5) is 13.2 Å². The number of benzene rings is 1. The molecule has 1 atom stereocenters. The molecule has 0 aliphatic carbocycles. The molecule has 172 valence electrons. The maximum Gasteiger partial charge on any atom is 0.490 e. The number of nitrogens with zero attached hydrogens (tertiary/aromatic N) is 2. The van der Waals surface area contributed by atoms with Gasteiger partial charge in [-0.3, -0.25) is 9.78 Å². The third-order valence-electron chi connectivity index (χ3n) is 5.14. The van der Waals surface area contributed by atoms with Gasteiger partial charge in [0, 0.05) is 31.5 Å². The van der Waals surface area contributed by atoms with Crippen molar-refractivity contribution < 1.29 is 32.6 Å². The topological polar surface area (TPSA) is 79.7 Å². The number of carbonyl (C=O) groups is 2. The first-order valence-electron chi connectivity index (χ1n) is 9.90. The molecule has 1 N–H and O–H groups in total. The Hall–Kier alpha value is -2.75. The van der Waals surface area contributed by atoms with Crippen molar-refractivity contribution in [3.05, 3.63) is 59.9 Å². The Balaban J connectivity index is 0.000000360. The molecule has 2 aromatic rings. The maximum atomic E-state index is 12.5. The summed E-state index contributed by atoms with van der Waals surface area (Å²) in [5, 5.41) is 7.12. The predicted octanol–water partition coefficient (Wildman–Crippen LogP) is 3.73. The number of likely N-dealkylation sites (tertiary alicyclic amines) is 1. The zero-order valence-corrected chi connectivity index (χ0v) is 18.2. The van der Waals surface area contributed by atoms with Crippen LogP contribution < -0.4 is 4.74 Å². The number of pyridine rings is 1. The average molecular weight is 468 g/mol. The molecule has 0 radical (unpaired) electrons. The zero-order valence-electron chi connectivity index (χ0n) is 17.3. The van der Waals surface area contributed by atoms with Crippen molar-refractivity contribution in [1.82, 2.24) is 9.88 Å². The number of carbonyl (C=O) groups excluding carboxylic acids is 1. The van der Waals surface area contributed by atoms with Crippen LogP contribution in [-0.4, -0.2) is 62.7 Å². The second-order valence-electron chi connectivity index (χ2n) is 7.84. The Morgan fingerprint density at radius 3 is 2.47 bits per heavy atom. The summed E-state index contributed by atoms with van der Waals surface area (Å²) in [6, 6.07) is 12.1. The van der Waals surface area contributed by atoms with E-state index in [1.165, 1.54) is 5.56 Å². The molecule has 32 heavy (non-hydrogen) atoms. The van der Waals surface area contributed by atoms with Gasteiger partial charge in [-0.25, -0.2) is 4.79 Å². The van der Waals surface area contributed by atoms with Gasteiger partial charge in [-0.15, -0.1) is 11.8 Å². The van der Waals surface area contributed by atoms with Crippen molar-refractivity contribution in [2.75, 3.05) is 18.8 Å². The minimum atomic E-state index is -5.08. The van der Waals surface area contributed by atoms with E-state index in [2.05, 4.69) is 24.0 Å². The van der Waals surface area contributed by atoms with Crippen molar-refractivity contribution in [3.8, 4) is 5.75 Å². The summed E-state index contributed by atoms with van der Waals surface area (Å²) in [5.41, 5.74) is 2.31. The quantitative estimate of drug-likeness (QED) is 0.737. The molecular weight excluding hydrogens is 445 g/mol. The Kier molecular flexibility index (Phi) is 7.33. The van der Waals surface area contributed by atoms with Gasteiger partial charge in [-0.2, -0.15) is 13.2 Å². The molecule has 2 fully saturated rings. The zero-order chi connectivity index (χ0) is 23.4. The summed E-state index contributed by atoms with van der Waals surface area (Å²) >= 11 is 1.95. The highest BCUT2D eigenvalue weighted by atomic mass is 32.2. The van der Waals surface area contributed by atoms with E-state index in [4.69, 9.17) is 14.6 Å². The number of aliphatic carboxylic acids is 1. The van der Waals surface area contributed by atoms with E-state index in [9.17, 15) is 18.0 Å². The Labute approximate surface area is 187 Å². The van der Waals surface area contributed by atoms with Crippen LogP contribution in [0.2, 0.25) is 0 Å². The number of aryl methyl sites for hydroxylation is 1. The minimum Gasteiger partial charge on any atom is -0.488 e. The third kappa shape index (κ3) is 6.38. The monoisotopic (exact) mass is 468 g/mol. The number of thioether (sulfide) groups is 1. The van der Waals surface area contributed by atoms with Crippen molar-refractivity contribution in [2.24, 2.45) is 0 Å². The summed E-state index contributed by atoms with van der Waals surface area (Å²) < 4.78 is 37.9. The molecule has 0 saturated carbocycles. The lowest BCUT2D eigenvalue weighted by molar-refractivity contribution is -0.192. The van der Waals surface area contributed by atoms with Crippen LogP contribution in [0.5, 0.6) is 5.75 Å². The van der Waals surface area contributed by atoms with Crippen LogP contribution in [0.1, 0.15) is 17.5 Å². The van der Waals surface area contributed by atoms with Crippen molar-refractivity contribution in [2.45, 2.75) is 36.8 Å². The van der Waals surface area contributed by atoms with E-state index >= 15 is 0 Å². The molecule has 6 nitrogen and oxygen atoms in total. The number of alkyl halides is 3. The fraction of sp³-hybridized carbons (Fsp3) is 0.409. The molecule has 1 aromatic carbocycles. The van der Waals surface area contributed by atoms with Crippen LogP contribution in [0.25, 0.3) is 0 Å². The SMILES string of the molecule is Cc1ccc(CC(=O)N2CC3(CC(Oc4cccnc4)CS3)C2)cc1.O=C(O)C(F)(F)F. The van der Waals surface area contributed by atoms with Gasteiger partial charge in [0.05, 0.1) is 17.4 Å². The fourth-order valence-corrected chi connectivity index (χ4v) is 5.05. The number of ether oxygens (including phenoxy) is 1. The highest BCUT2D eigenvalue weighted by Crippen LogP contribution is 2.46. The standard InChI is InChI=1S/C20H22N2O2S.C2HF3O2/c1-15-4-6-16(7-5-15)9-19(23)22-13-20(14-22)10-18(12-25-20)24-17-3-2-8-21-11-17;3-2(4,5)1(6)7/h2-8,11,18H,9-10,12-14H2,1H3;(H,6,7). The summed E-state index contributed by atoms with van der Waals surface area (Å²) in [6.45, 7) is 3.75. The van der Waals surface area contributed by atoms with Crippen LogP contribution >= 0.6 is 11.8 Å². The number of halogens is 3. The average Bonchev–Trinajstić information content (AvgIpc) is 3.13. The first-order valence-corrected chi connectivity index (χ1v) is 10.9. The molecular formula is C22H23F3N2O4S. The van der Waals surface area contributed by atoms with Gasteiger partial charge < -0.3 is 14.7 Å². The Bertz CT molecular complexity index is 932. The van der Waals surface area contributed by atoms with E-state index in [-0.39, 0.29) is 16.8 Å². The van der Waals surface area contributed by atoms with Gasteiger partial charge in [0.1, 0.15) is 11.9 Å². The molecule has 4 rings (SSSR count). The number of carboxylic acid groups (broad SMARTS) is 1. The molecule has 2 saturated heterocycles. The maximum absolute atomic E-state index is 12.5. The van der Waals surface area contributed by atoms with Crippen LogP contribution in [0, 0.1) is 6.92 Å². The number of aromatic nitrogens is 1. The molecule has 10 heteroatoms. The molecule has 1 unspecified atom stereocenters. The summed E-state index contributed by atoms with van der Waals surface area (Å²) in [4.78, 5) is 27.4. The van der Waals surface area contributed by atoms with Crippen LogP contribution in [0.3, 0.4) is 0 Å². The first-order chi connectivity index (χ1) is 15.1. The van der Waals surface area contributed by atoms with Gasteiger partial charge in [0.2, 0.25) is 5.91 Å². The number of rotatable bonds is 4. The van der Waals surface area contributed by atoms with Gasteiger partial charge in [0.25, 0.3) is 0 Å². The smallest absolute Gasteiger partial charge is 0.488 e. The summed E-state index contributed by atoms with van der Waals surface area (Å²) in [5.74, 6) is -0.717. The number of carboxylic acids is 1. The van der Waals surface area contributed by atoms with Crippen LogP contribution in [-0.2, 0) is 16.0 Å². The first kappa shape index (κ1) is 23.9.